The molecule has 0 heterocycles. The zero-order chi connectivity index (χ0) is 14.3. The minimum Gasteiger partial charge on any atom is -0.478 e. The summed E-state index contributed by atoms with van der Waals surface area (Å²) in [6, 6.07) is 6.17. The van der Waals surface area contributed by atoms with Gasteiger partial charge in [0.05, 0.1) is 11.5 Å². The Morgan fingerprint density at radius 1 is 1.21 bits per heavy atom. The Balaban J connectivity index is 2.91. The monoisotopic (exact) mass is 260 g/mol. The lowest BCUT2D eigenvalue weighted by atomic mass is 9.95. The van der Waals surface area contributed by atoms with Crippen molar-refractivity contribution in [3.8, 4) is 0 Å². The molecule has 4 heteroatoms. The molecule has 0 aliphatic heterocycles. The van der Waals surface area contributed by atoms with Crippen molar-refractivity contribution in [3.63, 3.8) is 0 Å². The minimum absolute atomic E-state index is 0.152. The van der Waals surface area contributed by atoms with E-state index in [0.717, 1.165) is 0 Å². The Bertz CT molecular complexity index is 473. The van der Waals surface area contributed by atoms with Crippen molar-refractivity contribution in [2.75, 3.05) is 6.61 Å². The van der Waals surface area contributed by atoms with Crippen molar-refractivity contribution in [1.29, 1.82) is 0 Å². The largest absolute Gasteiger partial charge is 0.478 e. The average molecular weight is 260 g/mol. The Labute approximate surface area is 112 Å². The maximum absolute atomic E-state index is 11.9. The predicted molar refractivity (Wildman–Crippen MR) is 72.1 cm³/mol. The van der Waals surface area contributed by atoms with Crippen LogP contribution in [0, 0.1) is 0 Å². The first-order chi connectivity index (χ1) is 9.10. The summed E-state index contributed by atoms with van der Waals surface area (Å²) in [6.07, 6.45) is 3.56. The number of ether oxygens (including phenoxy) is 1. The highest BCUT2D eigenvalue weighted by atomic mass is 16.5. The molecule has 4 nitrogen and oxygen atoms in total. The SMILES string of the molecule is C=CCOC(=O)C(CC=C)c1ccc(C(=O)O)cc1. The van der Waals surface area contributed by atoms with Crippen molar-refractivity contribution < 1.29 is 19.4 Å². The standard InChI is InChI=1S/C15H16O4/c1-3-5-13(15(18)19-10-4-2)11-6-8-12(9-7-11)14(16)17/h3-4,6-9,13H,1-2,5,10H2,(H,16,17). The van der Waals surface area contributed by atoms with Crippen LogP contribution in [0.4, 0.5) is 0 Å². The van der Waals surface area contributed by atoms with Crippen molar-refractivity contribution in [2.24, 2.45) is 0 Å². The molecule has 0 aliphatic rings. The summed E-state index contributed by atoms with van der Waals surface area (Å²) in [4.78, 5) is 22.6. The highest BCUT2D eigenvalue weighted by Crippen LogP contribution is 2.22. The number of aromatic carboxylic acids is 1. The lowest BCUT2D eigenvalue weighted by molar-refractivity contribution is -0.144. The molecule has 1 aromatic carbocycles. The van der Waals surface area contributed by atoms with E-state index in [1.165, 1.54) is 18.2 Å². The molecule has 1 aromatic rings. The van der Waals surface area contributed by atoms with Gasteiger partial charge in [-0.2, -0.15) is 0 Å². The van der Waals surface area contributed by atoms with Crippen molar-refractivity contribution >= 4 is 11.9 Å². The predicted octanol–water partition coefficient (Wildman–Crippen LogP) is 2.77. The van der Waals surface area contributed by atoms with Gasteiger partial charge in [0.2, 0.25) is 0 Å². The first-order valence-corrected chi connectivity index (χ1v) is 5.81. The molecule has 0 aromatic heterocycles. The van der Waals surface area contributed by atoms with Crippen molar-refractivity contribution in [2.45, 2.75) is 12.3 Å². The summed E-state index contributed by atoms with van der Waals surface area (Å²) < 4.78 is 5.02. The Kier molecular flexibility index (Phi) is 5.54. The number of carboxylic acid groups (broad SMARTS) is 1. The van der Waals surface area contributed by atoms with Crippen LogP contribution in [-0.4, -0.2) is 23.7 Å². The van der Waals surface area contributed by atoms with E-state index >= 15 is 0 Å². The van der Waals surface area contributed by atoms with E-state index in [9.17, 15) is 9.59 Å². The van der Waals surface area contributed by atoms with Crippen LogP contribution >= 0.6 is 0 Å². The molecule has 1 atom stereocenters. The van der Waals surface area contributed by atoms with E-state index < -0.39 is 11.9 Å². The molecule has 19 heavy (non-hydrogen) atoms. The number of allylic oxidation sites excluding steroid dienone is 1. The van der Waals surface area contributed by atoms with Gasteiger partial charge in [0.15, 0.2) is 0 Å². The third-order valence-corrected chi connectivity index (χ3v) is 2.59. The zero-order valence-electron chi connectivity index (χ0n) is 10.5. The number of hydrogen-bond acceptors (Lipinski definition) is 3. The Morgan fingerprint density at radius 2 is 1.84 bits per heavy atom. The smallest absolute Gasteiger partial charge is 0.335 e. The van der Waals surface area contributed by atoms with Gasteiger partial charge < -0.3 is 9.84 Å². The molecule has 0 spiro atoms. The molecule has 0 bridgehead atoms. The fourth-order valence-corrected chi connectivity index (χ4v) is 1.63. The summed E-state index contributed by atoms with van der Waals surface area (Å²) in [5, 5.41) is 8.82. The molecule has 1 unspecified atom stereocenters. The Hall–Kier alpha value is -2.36. The molecule has 0 radical (unpaired) electrons. The van der Waals surface area contributed by atoms with Crippen LogP contribution < -0.4 is 0 Å². The normalized spacial score (nSPS) is 11.4. The molecule has 1 N–H and O–H groups in total. The maximum atomic E-state index is 11.9. The van der Waals surface area contributed by atoms with Crippen LogP contribution in [-0.2, 0) is 9.53 Å². The van der Waals surface area contributed by atoms with Crippen LogP contribution in [0.25, 0.3) is 0 Å². The van der Waals surface area contributed by atoms with Gasteiger partial charge in [0.25, 0.3) is 0 Å². The lowest BCUT2D eigenvalue weighted by Gasteiger charge is -2.14. The fraction of sp³-hybridized carbons (Fsp3) is 0.200. The first kappa shape index (κ1) is 14.7. The van der Waals surface area contributed by atoms with E-state index in [-0.39, 0.29) is 18.1 Å². The van der Waals surface area contributed by atoms with Crippen molar-refractivity contribution in [3.05, 3.63) is 60.7 Å². The van der Waals surface area contributed by atoms with Gasteiger partial charge in [0.1, 0.15) is 6.61 Å². The quantitative estimate of drug-likeness (QED) is 0.604. The first-order valence-electron chi connectivity index (χ1n) is 5.81. The second kappa shape index (κ2) is 7.16. The number of rotatable bonds is 7. The summed E-state index contributed by atoms with van der Waals surface area (Å²) in [5.41, 5.74) is 0.888. The molecule has 0 fully saturated rings. The number of carbonyl (C=O) groups excluding carboxylic acids is 1. The third kappa shape index (κ3) is 4.10. The molecule has 100 valence electrons. The van der Waals surface area contributed by atoms with Gasteiger partial charge >= 0.3 is 11.9 Å². The van der Waals surface area contributed by atoms with E-state index in [1.807, 2.05) is 0 Å². The van der Waals surface area contributed by atoms with Crippen LogP contribution in [0.3, 0.4) is 0 Å². The fourth-order valence-electron chi connectivity index (χ4n) is 1.63. The number of hydrogen-bond donors (Lipinski definition) is 1. The van der Waals surface area contributed by atoms with Gasteiger partial charge in [-0.25, -0.2) is 4.79 Å². The number of esters is 1. The van der Waals surface area contributed by atoms with Gasteiger partial charge in [-0.05, 0) is 24.1 Å². The summed E-state index contributed by atoms with van der Waals surface area (Å²) in [5.74, 6) is -1.84. The minimum atomic E-state index is -0.999. The van der Waals surface area contributed by atoms with Crippen LogP contribution in [0.15, 0.2) is 49.6 Å². The Morgan fingerprint density at radius 3 is 2.32 bits per heavy atom. The van der Waals surface area contributed by atoms with E-state index in [0.29, 0.717) is 12.0 Å². The second-order valence-corrected chi connectivity index (χ2v) is 3.92. The topological polar surface area (TPSA) is 63.6 Å². The van der Waals surface area contributed by atoms with Crippen LogP contribution in [0.5, 0.6) is 0 Å². The third-order valence-electron chi connectivity index (χ3n) is 2.59. The summed E-state index contributed by atoms with van der Waals surface area (Å²) >= 11 is 0. The van der Waals surface area contributed by atoms with E-state index in [2.05, 4.69) is 13.2 Å². The number of carbonyl (C=O) groups is 2. The molecule has 0 saturated carbocycles. The molecular weight excluding hydrogens is 244 g/mol. The highest BCUT2D eigenvalue weighted by Gasteiger charge is 2.20. The summed E-state index contributed by atoms with van der Waals surface area (Å²) in [7, 11) is 0. The van der Waals surface area contributed by atoms with Gasteiger partial charge in [-0.15, -0.1) is 6.58 Å². The van der Waals surface area contributed by atoms with Gasteiger partial charge in [-0.1, -0.05) is 30.9 Å². The average Bonchev–Trinajstić information content (AvgIpc) is 2.42. The molecule has 0 amide bonds. The van der Waals surface area contributed by atoms with E-state index in [4.69, 9.17) is 9.84 Å². The van der Waals surface area contributed by atoms with Crippen molar-refractivity contribution in [1.82, 2.24) is 0 Å². The molecule has 0 aliphatic carbocycles. The van der Waals surface area contributed by atoms with Gasteiger partial charge in [-0.3, -0.25) is 4.79 Å². The second-order valence-electron chi connectivity index (χ2n) is 3.92. The highest BCUT2D eigenvalue weighted by molar-refractivity contribution is 5.88. The van der Waals surface area contributed by atoms with E-state index in [1.54, 1.807) is 18.2 Å². The zero-order valence-corrected chi connectivity index (χ0v) is 10.5. The molecule has 1 rings (SSSR count). The maximum Gasteiger partial charge on any atom is 0.335 e. The molecule has 0 saturated heterocycles. The van der Waals surface area contributed by atoms with Crippen LogP contribution in [0.1, 0.15) is 28.3 Å². The summed E-state index contributed by atoms with van der Waals surface area (Å²) in [6.45, 7) is 7.24. The van der Waals surface area contributed by atoms with Crippen LogP contribution in [0.2, 0.25) is 0 Å². The molecular formula is C15H16O4. The number of carboxylic acids is 1. The lowest BCUT2D eigenvalue weighted by Crippen LogP contribution is -2.16. The van der Waals surface area contributed by atoms with Gasteiger partial charge in [0, 0.05) is 0 Å². The number of benzene rings is 1.